The molecule has 0 bridgehead atoms. The van der Waals surface area contributed by atoms with Crippen molar-refractivity contribution in [1.82, 2.24) is 19.5 Å². The van der Waals surface area contributed by atoms with Crippen molar-refractivity contribution in [1.29, 1.82) is 0 Å². The average molecular weight is 321 g/mol. The smallest absolute Gasteiger partial charge is 0.231 e. The fourth-order valence-corrected chi connectivity index (χ4v) is 3.30. The van der Waals surface area contributed by atoms with Crippen molar-refractivity contribution >= 4 is 5.65 Å². The summed E-state index contributed by atoms with van der Waals surface area (Å²) in [7, 11) is 2.17. The maximum Gasteiger partial charge on any atom is 0.231 e. The molecule has 1 aliphatic heterocycles. The van der Waals surface area contributed by atoms with Crippen molar-refractivity contribution in [3.8, 4) is 17.1 Å². The zero-order valence-electron chi connectivity index (χ0n) is 13.9. The lowest BCUT2D eigenvalue weighted by atomic mass is 10.00. The summed E-state index contributed by atoms with van der Waals surface area (Å²) in [5, 5.41) is 4.62. The number of piperidine rings is 1. The number of nitrogens with zero attached hydrogens (tertiary/aromatic N) is 4. The molecule has 1 unspecified atom stereocenters. The molecule has 0 saturated carbocycles. The van der Waals surface area contributed by atoms with Gasteiger partial charge in [0.25, 0.3) is 0 Å². The molecular weight excluding hydrogens is 300 g/mol. The number of rotatable bonds is 4. The Hall–Kier alpha value is -2.40. The number of aromatic nitrogens is 3. The number of fused-ring (bicyclic) bond motifs is 1. The molecule has 123 valence electrons. The molecule has 1 fully saturated rings. The van der Waals surface area contributed by atoms with Gasteiger partial charge in [-0.3, -0.25) is 0 Å². The summed E-state index contributed by atoms with van der Waals surface area (Å²) in [6, 6.07) is 14.8. The molecule has 0 N–H and O–H groups in total. The number of benzene rings is 1. The molecule has 3 heterocycles. The van der Waals surface area contributed by atoms with E-state index < -0.39 is 0 Å². The predicted molar refractivity (Wildman–Crippen MR) is 93.0 cm³/mol. The van der Waals surface area contributed by atoms with E-state index in [0.717, 1.165) is 23.4 Å². The molecule has 1 saturated heterocycles. The van der Waals surface area contributed by atoms with Crippen LogP contribution in [0.25, 0.3) is 16.9 Å². The van der Waals surface area contributed by atoms with Gasteiger partial charge < -0.3 is 9.64 Å². The third kappa shape index (κ3) is 3.12. The van der Waals surface area contributed by atoms with Crippen LogP contribution in [0.3, 0.4) is 0 Å². The van der Waals surface area contributed by atoms with E-state index in [1.54, 1.807) is 0 Å². The molecule has 3 aromatic rings. The highest BCUT2D eigenvalue weighted by atomic mass is 16.5. The van der Waals surface area contributed by atoms with Crippen LogP contribution in [-0.4, -0.2) is 46.2 Å². The highest BCUT2D eigenvalue weighted by molar-refractivity contribution is 5.62. The molecule has 0 aliphatic carbocycles. The minimum Gasteiger partial charge on any atom is -0.476 e. The third-order valence-electron chi connectivity index (χ3n) is 4.53. The van der Waals surface area contributed by atoms with Gasteiger partial charge in [0.1, 0.15) is 0 Å². The van der Waals surface area contributed by atoms with Crippen LogP contribution in [0.5, 0.6) is 5.88 Å². The van der Waals surface area contributed by atoms with Crippen LogP contribution in [0.2, 0.25) is 0 Å². The van der Waals surface area contributed by atoms with E-state index in [9.17, 15) is 0 Å². The first-order valence-electron chi connectivity index (χ1n) is 8.42. The Bertz CT molecular complexity index is 815. The van der Waals surface area contributed by atoms with E-state index in [-0.39, 0.29) is 0 Å². The van der Waals surface area contributed by atoms with E-state index in [2.05, 4.69) is 28.1 Å². The molecule has 0 amide bonds. The van der Waals surface area contributed by atoms with E-state index in [4.69, 9.17) is 4.74 Å². The highest BCUT2D eigenvalue weighted by Crippen LogP contribution is 2.21. The summed E-state index contributed by atoms with van der Waals surface area (Å²) in [6.45, 7) is 3.00. The lowest BCUT2D eigenvalue weighted by Crippen LogP contribution is -2.34. The fourth-order valence-electron chi connectivity index (χ4n) is 3.30. The van der Waals surface area contributed by atoms with E-state index in [1.165, 1.54) is 19.4 Å². The predicted octanol–water partition coefficient (Wildman–Crippen LogP) is 2.92. The quantitative estimate of drug-likeness (QED) is 0.741. The largest absolute Gasteiger partial charge is 0.476 e. The molecule has 4 rings (SSSR count). The minimum absolute atomic E-state index is 0.576. The van der Waals surface area contributed by atoms with Gasteiger partial charge in [-0.05, 0) is 44.6 Å². The van der Waals surface area contributed by atoms with Crippen molar-refractivity contribution in [2.75, 3.05) is 26.7 Å². The Morgan fingerprint density at radius 3 is 3.12 bits per heavy atom. The van der Waals surface area contributed by atoms with Gasteiger partial charge in [0.05, 0.1) is 18.5 Å². The Morgan fingerprint density at radius 1 is 1.33 bits per heavy atom. The molecule has 0 spiro atoms. The Kier molecular flexibility index (Phi) is 4.17. The molecule has 5 nitrogen and oxygen atoms in total. The summed E-state index contributed by atoms with van der Waals surface area (Å²) in [4.78, 5) is 6.79. The monoisotopic (exact) mass is 321 g/mol. The van der Waals surface area contributed by atoms with Gasteiger partial charge in [0.2, 0.25) is 5.88 Å². The molecule has 5 heteroatoms. The van der Waals surface area contributed by atoms with Crippen LogP contribution in [0.1, 0.15) is 12.8 Å². The van der Waals surface area contributed by atoms with Crippen molar-refractivity contribution < 1.29 is 4.74 Å². The first kappa shape index (κ1) is 15.1. The zero-order chi connectivity index (χ0) is 16.4. The standard InChI is InChI=1S/C19H21N4O/c1-22-11-5-6-15(13-22)14-24-19-10-9-18-20-12-17(23(18)21-19)16-7-3-2-4-8-16/h2-3,7-10,12,15H,5-6,11,13-14H2,1H3. The second kappa shape index (κ2) is 6.61. The zero-order valence-corrected chi connectivity index (χ0v) is 13.9. The topological polar surface area (TPSA) is 42.7 Å². The second-order valence-corrected chi connectivity index (χ2v) is 6.46. The Balaban J connectivity index is 1.54. The first-order valence-corrected chi connectivity index (χ1v) is 8.42. The normalized spacial score (nSPS) is 18.8. The lowest BCUT2D eigenvalue weighted by molar-refractivity contribution is 0.146. The van der Waals surface area contributed by atoms with Crippen LogP contribution < -0.4 is 4.74 Å². The molecule has 1 radical (unpaired) electrons. The second-order valence-electron chi connectivity index (χ2n) is 6.46. The van der Waals surface area contributed by atoms with Crippen LogP contribution in [-0.2, 0) is 0 Å². The first-order chi connectivity index (χ1) is 11.8. The molecule has 24 heavy (non-hydrogen) atoms. The van der Waals surface area contributed by atoms with Crippen LogP contribution in [0, 0.1) is 12.0 Å². The van der Waals surface area contributed by atoms with Crippen molar-refractivity contribution in [2.24, 2.45) is 5.92 Å². The van der Waals surface area contributed by atoms with E-state index >= 15 is 0 Å². The van der Waals surface area contributed by atoms with Crippen molar-refractivity contribution in [3.05, 3.63) is 48.7 Å². The van der Waals surface area contributed by atoms with Crippen LogP contribution >= 0.6 is 0 Å². The summed E-state index contributed by atoms with van der Waals surface area (Å²) in [5.41, 5.74) is 2.81. The van der Waals surface area contributed by atoms with Crippen LogP contribution in [0.4, 0.5) is 0 Å². The molecule has 1 aliphatic rings. The van der Waals surface area contributed by atoms with Gasteiger partial charge >= 0.3 is 0 Å². The fraction of sp³-hybridized carbons (Fsp3) is 0.368. The number of likely N-dealkylation sites (tertiary alicyclic amines) is 1. The summed E-state index contributed by atoms with van der Waals surface area (Å²) < 4.78 is 7.81. The minimum atomic E-state index is 0.576. The van der Waals surface area contributed by atoms with Crippen molar-refractivity contribution in [2.45, 2.75) is 12.8 Å². The van der Waals surface area contributed by atoms with Gasteiger partial charge in [0, 0.05) is 24.1 Å². The summed E-state index contributed by atoms with van der Waals surface area (Å²) >= 11 is 0. The molecule has 1 aromatic carbocycles. The van der Waals surface area contributed by atoms with E-state index in [1.807, 2.05) is 47.1 Å². The van der Waals surface area contributed by atoms with Crippen molar-refractivity contribution in [3.63, 3.8) is 0 Å². The average Bonchev–Trinajstić information content (AvgIpc) is 3.04. The third-order valence-corrected chi connectivity index (χ3v) is 4.53. The van der Waals surface area contributed by atoms with Crippen LogP contribution in [0.15, 0.2) is 42.6 Å². The summed E-state index contributed by atoms with van der Waals surface area (Å²) in [5.74, 6) is 1.22. The molecular formula is C19H21N4O. The van der Waals surface area contributed by atoms with Gasteiger partial charge in [-0.1, -0.05) is 18.2 Å². The number of hydrogen-bond acceptors (Lipinski definition) is 4. The maximum atomic E-state index is 5.97. The van der Waals surface area contributed by atoms with Gasteiger partial charge in [-0.15, -0.1) is 5.10 Å². The highest BCUT2D eigenvalue weighted by Gasteiger charge is 2.18. The van der Waals surface area contributed by atoms with E-state index in [0.29, 0.717) is 18.4 Å². The van der Waals surface area contributed by atoms with Gasteiger partial charge in [0.15, 0.2) is 5.65 Å². The lowest BCUT2D eigenvalue weighted by Gasteiger charge is -2.29. The Labute approximate surface area is 141 Å². The maximum absolute atomic E-state index is 5.97. The molecule has 2 aromatic heterocycles. The number of ether oxygens (including phenoxy) is 1. The van der Waals surface area contributed by atoms with Gasteiger partial charge in [-0.2, -0.15) is 0 Å². The summed E-state index contributed by atoms with van der Waals surface area (Å²) in [6.07, 6.45) is 4.31. The van der Waals surface area contributed by atoms with Gasteiger partial charge in [-0.25, -0.2) is 9.50 Å². The Morgan fingerprint density at radius 2 is 2.29 bits per heavy atom. The molecule has 1 atom stereocenters. The SMILES string of the molecule is CN1CCCC(COc2ccc3ncc(-c4c[c]ccc4)n3n2)C1. The number of hydrogen-bond donors (Lipinski definition) is 0. The number of imidazole rings is 1.